The van der Waals surface area contributed by atoms with Crippen LogP contribution in [-0.4, -0.2) is 39.5 Å². The Hall–Kier alpha value is -1.01. The highest BCUT2D eigenvalue weighted by molar-refractivity contribution is 7.07. The fraction of sp³-hybridized carbons (Fsp3) is 0.727. The number of nitrogens with two attached hydrogens (primary N) is 1. The summed E-state index contributed by atoms with van der Waals surface area (Å²) < 4.78 is 3.74. The number of nitrogens with zero attached hydrogens (tertiary/aromatic N) is 3. The van der Waals surface area contributed by atoms with Gasteiger partial charge in [0.15, 0.2) is 0 Å². The molecule has 3 rings (SSSR count). The zero-order valence-electron chi connectivity index (χ0n) is 9.58. The quantitative estimate of drug-likeness (QED) is 0.800. The Balaban J connectivity index is 1.73. The summed E-state index contributed by atoms with van der Waals surface area (Å²) in [6.45, 7) is 1.66. The van der Waals surface area contributed by atoms with Crippen LogP contribution >= 0.6 is 11.5 Å². The van der Waals surface area contributed by atoms with Gasteiger partial charge in [-0.3, -0.25) is 4.79 Å². The van der Waals surface area contributed by atoms with Crippen LogP contribution < -0.4 is 5.73 Å². The van der Waals surface area contributed by atoms with Crippen molar-refractivity contribution in [2.75, 3.05) is 13.1 Å². The van der Waals surface area contributed by atoms with Gasteiger partial charge in [0, 0.05) is 19.1 Å². The van der Waals surface area contributed by atoms with E-state index in [0.717, 1.165) is 19.5 Å². The highest BCUT2D eigenvalue weighted by Gasteiger charge is 2.40. The van der Waals surface area contributed by atoms with Crippen LogP contribution in [-0.2, 0) is 0 Å². The van der Waals surface area contributed by atoms with Gasteiger partial charge in [0.25, 0.3) is 5.91 Å². The van der Waals surface area contributed by atoms with Crippen LogP contribution in [0.1, 0.15) is 28.9 Å². The number of aromatic nitrogens is 2. The van der Waals surface area contributed by atoms with Gasteiger partial charge in [-0.15, -0.1) is 5.10 Å². The van der Waals surface area contributed by atoms with Crippen LogP contribution in [0.3, 0.4) is 0 Å². The lowest BCUT2D eigenvalue weighted by Crippen LogP contribution is -2.38. The minimum absolute atomic E-state index is 0.0709. The molecule has 1 aromatic rings. The molecule has 1 amide bonds. The van der Waals surface area contributed by atoms with Crippen LogP contribution in [0.15, 0.2) is 6.20 Å². The fourth-order valence-corrected chi connectivity index (χ4v) is 3.58. The molecular formula is C11H16N4OS. The van der Waals surface area contributed by atoms with E-state index in [9.17, 15) is 4.79 Å². The van der Waals surface area contributed by atoms with E-state index >= 15 is 0 Å². The van der Waals surface area contributed by atoms with Gasteiger partial charge >= 0.3 is 0 Å². The summed E-state index contributed by atoms with van der Waals surface area (Å²) in [5.74, 6) is 1.17. The maximum Gasteiger partial charge on any atom is 0.267 e. The van der Waals surface area contributed by atoms with Crippen molar-refractivity contribution in [3.8, 4) is 0 Å². The van der Waals surface area contributed by atoms with Crippen LogP contribution in [0, 0.1) is 11.8 Å². The van der Waals surface area contributed by atoms with Gasteiger partial charge in [-0.2, -0.15) is 0 Å². The van der Waals surface area contributed by atoms with Crippen molar-refractivity contribution >= 4 is 17.4 Å². The molecule has 0 aromatic carbocycles. The Labute approximate surface area is 104 Å². The molecule has 1 aliphatic heterocycles. The van der Waals surface area contributed by atoms with Crippen molar-refractivity contribution in [1.29, 1.82) is 0 Å². The third-order valence-corrected chi connectivity index (χ3v) is 4.67. The molecule has 6 heteroatoms. The summed E-state index contributed by atoms with van der Waals surface area (Å²) >= 11 is 1.17. The van der Waals surface area contributed by atoms with E-state index in [1.165, 1.54) is 24.4 Å². The van der Waals surface area contributed by atoms with Gasteiger partial charge in [-0.05, 0) is 36.2 Å². The van der Waals surface area contributed by atoms with E-state index in [-0.39, 0.29) is 11.9 Å². The predicted molar refractivity (Wildman–Crippen MR) is 64.6 cm³/mol. The summed E-state index contributed by atoms with van der Waals surface area (Å²) in [6.07, 6.45) is 5.07. The second-order valence-corrected chi connectivity index (χ2v) is 5.80. The summed E-state index contributed by atoms with van der Waals surface area (Å²) in [7, 11) is 0. The molecular weight excluding hydrogens is 236 g/mol. The zero-order chi connectivity index (χ0) is 11.8. The number of carbonyl (C=O) groups excluding carboxylic acids is 1. The highest BCUT2D eigenvalue weighted by atomic mass is 32.1. The van der Waals surface area contributed by atoms with Crippen molar-refractivity contribution in [3.63, 3.8) is 0 Å². The Kier molecular flexibility index (Phi) is 2.84. The molecule has 1 saturated carbocycles. The predicted octanol–water partition coefficient (Wildman–Crippen LogP) is 0.737. The smallest absolute Gasteiger partial charge is 0.267 e. The topological polar surface area (TPSA) is 72.1 Å². The molecule has 2 aliphatic rings. The lowest BCUT2D eigenvalue weighted by Gasteiger charge is -2.29. The zero-order valence-corrected chi connectivity index (χ0v) is 10.4. The summed E-state index contributed by atoms with van der Waals surface area (Å²) in [5, 5.41) is 3.72. The number of rotatable bonds is 1. The molecule has 1 aromatic heterocycles. The third kappa shape index (κ3) is 1.95. The fourth-order valence-electron chi connectivity index (χ4n) is 3.10. The minimum Gasteiger partial charge on any atom is -0.337 e. The van der Waals surface area contributed by atoms with Crippen molar-refractivity contribution < 1.29 is 4.79 Å². The average molecular weight is 252 g/mol. The van der Waals surface area contributed by atoms with Crippen molar-refractivity contribution in [2.45, 2.75) is 25.3 Å². The van der Waals surface area contributed by atoms with E-state index in [1.807, 2.05) is 4.90 Å². The largest absolute Gasteiger partial charge is 0.337 e. The SMILES string of the molecule is NC1CCCC2CN(C(=O)c3cnns3)CC12. The van der Waals surface area contributed by atoms with Gasteiger partial charge in [0.05, 0.1) is 6.20 Å². The maximum absolute atomic E-state index is 12.2. The van der Waals surface area contributed by atoms with Gasteiger partial charge in [-0.1, -0.05) is 10.9 Å². The third-order valence-electron chi connectivity index (χ3n) is 4.01. The number of fused-ring (bicyclic) bond motifs is 1. The summed E-state index contributed by atoms with van der Waals surface area (Å²) in [5.41, 5.74) is 6.14. The highest BCUT2D eigenvalue weighted by Crippen LogP contribution is 2.36. The van der Waals surface area contributed by atoms with Crippen molar-refractivity contribution in [1.82, 2.24) is 14.5 Å². The molecule has 2 heterocycles. The molecule has 0 spiro atoms. The first-order valence-electron chi connectivity index (χ1n) is 6.08. The number of carbonyl (C=O) groups is 1. The van der Waals surface area contributed by atoms with Gasteiger partial charge < -0.3 is 10.6 Å². The van der Waals surface area contributed by atoms with E-state index in [2.05, 4.69) is 9.59 Å². The Morgan fingerprint density at radius 1 is 1.47 bits per heavy atom. The van der Waals surface area contributed by atoms with Gasteiger partial charge in [-0.25, -0.2) is 0 Å². The van der Waals surface area contributed by atoms with Crippen molar-refractivity contribution in [2.24, 2.45) is 17.6 Å². The number of hydrogen-bond acceptors (Lipinski definition) is 5. The molecule has 0 bridgehead atoms. The Morgan fingerprint density at radius 3 is 3.06 bits per heavy atom. The van der Waals surface area contributed by atoms with E-state index < -0.39 is 0 Å². The molecule has 17 heavy (non-hydrogen) atoms. The molecule has 5 nitrogen and oxygen atoms in total. The minimum atomic E-state index is 0.0709. The van der Waals surface area contributed by atoms with Crippen molar-refractivity contribution in [3.05, 3.63) is 11.1 Å². The molecule has 3 unspecified atom stereocenters. The summed E-state index contributed by atoms with van der Waals surface area (Å²) in [4.78, 5) is 14.7. The molecule has 1 aliphatic carbocycles. The van der Waals surface area contributed by atoms with Crippen LogP contribution in [0.2, 0.25) is 0 Å². The molecule has 1 saturated heterocycles. The Bertz CT molecular complexity index is 408. The number of hydrogen-bond donors (Lipinski definition) is 1. The van der Waals surface area contributed by atoms with Gasteiger partial charge in [0.1, 0.15) is 4.88 Å². The Morgan fingerprint density at radius 2 is 2.35 bits per heavy atom. The first-order valence-corrected chi connectivity index (χ1v) is 6.85. The molecule has 2 fully saturated rings. The van der Waals surface area contributed by atoms with E-state index in [1.54, 1.807) is 6.20 Å². The van der Waals surface area contributed by atoms with Crippen LogP contribution in [0.5, 0.6) is 0 Å². The van der Waals surface area contributed by atoms with Crippen LogP contribution in [0.25, 0.3) is 0 Å². The van der Waals surface area contributed by atoms with E-state index in [4.69, 9.17) is 5.73 Å². The standard InChI is InChI=1S/C11H16N4OS/c12-9-3-1-2-7-5-15(6-8(7)9)11(16)10-4-13-14-17-10/h4,7-9H,1-3,5-6,12H2. The molecule has 92 valence electrons. The average Bonchev–Trinajstić information content (AvgIpc) is 2.98. The van der Waals surface area contributed by atoms with E-state index in [0.29, 0.717) is 16.7 Å². The molecule has 3 atom stereocenters. The number of likely N-dealkylation sites (tertiary alicyclic amines) is 1. The second kappa shape index (κ2) is 4.34. The molecule has 2 N–H and O–H groups in total. The molecule has 0 radical (unpaired) electrons. The first kappa shape index (κ1) is 11.1. The van der Waals surface area contributed by atoms with Crippen LogP contribution in [0.4, 0.5) is 0 Å². The lowest BCUT2D eigenvalue weighted by molar-refractivity contribution is 0.0788. The second-order valence-electron chi connectivity index (χ2n) is 5.01. The summed E-state index contributed by atoms with van der Waals surface area (Å²) in [6, 6.07) is 0.270. The normalized spacial score (nSPS) is 32.5. The number of amides is 1. The lowest BCUT2D eigenvalue weighted by atomic mass is 9.78. The monoisotopic (exact) mass is 252 g/mol. The maximum atomic E-state index is 12.2. The van der Waals surface area contributed by atoms with Gasteiger partial charge in [0.2, 0.25) is 0 Å². The first-order chi connectivity index (χ1) is 8.25.